The highest BCUT2D eigenvalue weighted by Crippen LogP contribution is 2.22. The van der Waals surface area contributed by atoms with Crippen molar-refractivity contribution in [2.75, 3.05) is 18.1 Å². The van der Waals surface area contributed by atoms with Gasteiger partial charge in [0.25, 0.3) is 0 Å². The molecule has 6 heteroatoms. The van der Waals surface area contributed by atoms with Crippen LogP contribution in [0.3, 0.4) is 0 Å². The summed E-state index contributed by atoms with van der Waals surface area (Å²) in [4.78, 5) is 17.7. The van der Waals surface area contributed by atoms with E-state index in [9.17, 15) is 13.2 Å². The van der Waals surface area contributed by atoms with Crippen LogP contribution in [0.4, 0.5) is 0 Å². The largest absolute Gasteiger partial charge is 0.361 e. The lowest BCUT2D eigenvalue weighted by Crippen LogP contribution is -2.42. The van der Waals surface area contributed by atoms with Crippen molar-refractivity contribution in [3.05, 3.63) is 36.0 Å². The van der Waals surface area contributed by atoms with Crippen LogP contribution in [0.25, 0.3) is 10.9 Å². The zero-order chi connectivity index (χ0) is 16.4. The predicted molar refractivity (Wildman–Crippen MR) is 91.1 cm³/mol. The molecule has 1 fully saturated rings. The van der Waals surface area contributed by atoms with E-state index in [1.54, 1.807) is 4.90 Å². The molecule has 5 nitrogen and oxygen atoms in total. The Balaban J connectivity index is 1.79. The third-order valence-corrected chi connectivity index (χ3v) is 6.20. The molecular formula is C17H22N2O3S. The fourth-order valence-corrected chi connectivity index (χ4v) is 5.05. The van der Waals surface area contributed by atoms with Gasteiger partial charge in [0.05, 0.1) is 17.9 Å². The number of H-pyrrole nitrogens is 1. The maximum absolute atomic E-state index is 12.8. The monoisotopic (exact) mass is 334 g/mol. The van der Waals surface area contributed by atoms with E-state index in [1.807, 2.05) is 37.4 Å². The van der Waals surface area contributed by atoms with E-state index in [0.717, 1.165) is 22.9 Å². The average Bonchev–Trinajstić information content (AvgIpc) is 3.08. The molecule has 1 amide bonds. The van der Waals surface area contributed by atoms with E-state index in [0.29, 0.717) is 19.4 Å². The first-order valence-corrected chi connectivity index (χ1v) is 9.87. The molecule has 0 saturated carbocycles. The SMILES string of the molecule is CCCN(C(=O)Cc1c[nH]c2ccccc12)C1CCS(=O)(=O)C1. The summed E-state index contributed by atoms with van der Waals surface area (Å²) in [6.45, 7) is 2.62. The second kappa shape index (κ2) is 6.35. The number of nitrogens with one attached hydrogen (secondary N) is 1. The molecule has 1 aromatic heterocycles. The van der Waals surface area contributed by atoms with Gasteiger partial charge in [0.2, 0.25) is 5.91 Å². The Kier molecular flexibility index (Phi) is 4.43. The number of para-hydroxylation sites is 1. The molecule has 1 saturated heterocycles. The summed E-state index contributed by atoms with van der Waals surface area (Å²) in [6.07, 6.45) is 3.57. The number of carbonyl (C=O) groups is 1. The fourth-order valence-electron chi connectivity index (χ4n) is 3.32. The number of rotatable bonds is 5. The van der Waals surface area contributed by atoms with Crippen LogP contribution in [0.1, 0.15) is 25.3 Å². The summed E-state index contributed by atoms with van der Waals surface area (Å²) in [5, 5.41) is 1.05. The van der Waals surface area contributed by atoms with Crippen LogP contribution in [-0.4, -0.2) is 48.3 Å². The summed E-state index contributed by atoms with van der Waals surface area (Å²) in [5.74, 6) is 0.309. The molecule has 0 bridgehead atoms. The Labute approximate surface area is 136 Å². The smallest absolute Gasteiger partial charge is 0.227 e. The number of sulfone groups is 1. The zero-order valence-electron chi connectivity index (χ0n) is 13.3. The van der Waals surface area contributed by atoms with E-state index < -0.39 is 9.84 Å². The highest BCUT2D eigenvalue weighted by atomic mass is 32.2. The van der Waals surface area contributed by atoms with E-state index in [-0.39, 0.29) is 23.5 Å². The summed E-state index contributed by atoms with van der Waals surface area (Å²) in [5.41, 5.74) is 1.98. The van der Waals surface area contributed by atoms with Crippen LogP contribution in [0, 0.1) is 0 Å². The molecule has 23 heavy (non-hydrogen) atoms. The van der Waals surface area contributed by atoms with Gasteiger partial charge in [-0.3, -0.25) is 4.79 Å². The summed E-state index contributed by atoms with van der Waals surface area (Å²) >= 11 is 0. The van der Waals surface area contributed by atoms with Crippen molar-refractivity contribution in [2.24, 2.45) is 0 Å². The molecule has 1 aliphatic heterocycles. The average molecular weight is 334 g/mol. The van der Waals surface area contributed by atoms with Crippen LogP contribution in [0.2, 0.25) is 0 Å². The minimum absolute atomic E-state index is 0.0127. The fraction of sp³-hybridized carbons (Fsp3) is 0.471. The third kappa shape index (κ3) is 3.42. The van der Waals surface area contributed by atoms with Gasteiger partial charge >= 0.3 is 0 Å². The van der Waals surface area contributed by atoms with Crippen LogP contribution in [0.5, 0.6) is 0 Å². The predicted octanol–water partition coefficient (Wildman–Crippen LogP) is 2.14. The van der Waals surface area contributed by atoms with Crippen molar-refractivity contribution in [3.8, 4) is 0 Å². The van der Waals surface area contributed by atoms with Crippen molar-refractivity contribution >= 4 is 26.6 Å². The highest BCUT2D eigenvalue weighted by molar-refractivity contribution is 7.91. The third-order valence-electron chi connectivity index (χ3n) is 4.45. The number of aromatic amines is 1. The molecule has 1 atom stereocenters. The normalized spacial score (nSPS) is 20.0. The Bertz CT molecular complexity index is 810. The number of fused-ring (bicyclic) bond motifs is 1. The highest BCUT2D eigenvalue weighted by Gasteiger charge is 2.34. The Morgan fingerprint density at radius 3 is 2.83 bits per heavy atom. The lowest BCUT2D eigenvalue weighted by Gasteiger charge is -2.28. The van der Waals surface area contributed by atoms with Gasteiger partial charge in [0.15, 0.2) is 9.84 Å². The zero-order valence-corrected chi connectivity index (χ0v) is 14.1. The number of hydrogen-bond acceptors (Lipinski definition) is 3. The standard InChI is InChI=1S/C17H22N2O3S/c1-2-8-19(14-7-9-23(21,22)12-14)17(20)10-13-11-18-16-6-4-3-5-15(13)16/h3-6,11,14,18H,2,7-10,12H2,1H3. The molecule has 2 heterocycles. The molecule has 3 rings (SSSR count). The topological polar surface area (TPSA) is 70.2 Å². The number of amides is 1. The molecule has 124 valence electrons. The van der Waals surface area contributed by atoms with Gasteiger partial charge in [-0.2, -0.15) is 0 Å². The van der Waals surface area contributed by atoms with Crippen LogP contribution < -0.4 is 0 Å². The van der Waals surface area contributed by atoms with Crippen molar-refractivity contribution in [3.63, 3.8) is 0 Å². The van der Waals surface area contributed by atoms with Crippen LogP contribution >= 0.6 is 0 Å². The first kappa shape index (κ1) is 16.1. The summed E-state index contributed by atoms with van der Waals surface area (Å²) in [7, 11) is -2.99. The van der Waals surface area contributed by atoms with E-state index in [4.69, 9.17) is 0 Å². The molecule has 1 unspecified atom stereocenters. The number of nitrogens with zero attached hydrogens (tertiary/aromatic N) is 1. The Hall–Kier alpha value is -1.82. The first-order chi connectivity index (χ1) is 11.0. The van der Waals surface area contributed by atoms with Crippen molar-refractivity contribution in [1.82, 2.24) is 9.88 Å². The molecule has 0 spiro atoms. The molecule has 1 N–H and O–H groups in total. The molecule has 1 aromatic carbocycles. The lowest BCUT2D eigenvalue weighted by atomic mass is 10.1. The minimum Gasteiger partial charge on any atom is -0.361 e. The summed E-state index contributed by atoms with van der Waals surface area (Å²) < 4.78 is 23.4. The van der Waals surface area contributed by atoms with Gasteiger partial charge in [0, 0.05) is 29.7 Å². The maximum Gasteiger partial charge on any atom is 0.227 e. The van der Waals surface area contributed by atoms with Gasteiger partial charge in [-0.05, 0) is 24.5 Å². The van der Waals surface area contributed by atoms with E-state index >= 15 is 0 Å². The Morgan fingerprint density at radius 2 is 2.13 bits per heavy atom. The number of carbonyl (C=O) groups excluding carboxylic acids is 1. The number of hydrogen-bond donors (Lipinski definition) is 1. The molecule has 2 aromatic rings. The molecular weight excluding hydrogens is 312 g/mol. The molecule has 0 aliphatic carbocycles. The van der Waals surface area contributed by atoms with Gasteiger partial charge in [-0.15, -0.1) is 0 Å². The summed E-state index contributed by atoms with van der Waals surface area (Å²) in [6, 6.07) is 7.72. The Morgan fingerprint density at radius 1 is 1.35 bits per heavy atom. The maximum atomic E-state index is 12.8. The van der Waals surface area contributed by atoms with Crippen molar-refractivity contribution in [1.29, 1.82) is 0 Å². The lowest BCUT2D eigenvalue weighted by molar-refractivity contribution is -0.132. The van der Waals surface area contributed by atoms with Crippen molar-refractivity contribution < 1.29 is 13.2 Å². The van der Waals surface area contributed by atoms with Crippen LogP contribution in [0.15, 0.2) is 30.5 Å². The van der Waals surface area contributed by atoms with Crippen molar-refractivity contribution in [2.45, 2.75) is 32.2 Å². The van der Waals surface area contributed by atoms with E-state index in [1.165, 1.54) is 0 Å². The number of benzene rings is 1. The van der Waals surface area contributed by atoms with E-state index in [2.05, 4.69) is 4.98 Å². The first-order valence-electron chi connectivity index (χ1n) is 8.05. The second-order valence-electron chi connectivity index (χ2n) is 6.18. The minimum atomic E-state index is -2.99. The quantitative estimate of drug-likeness (QED) is 0.911. The van der Waals surface area contributed by atoms with Gasteiger partial charge < -0.3 is 9.88 Å². The number of aromatic nitrogens is 1. The van der Waals surface area contributed by atoms with Gasteiger partial charge in [-0.1, -0.05) is 25.1 Å². The molecule has 1 aliphatic rings. The second-order valence-corrected chi connectivity index (χ2v) is 8.41. The van der Waals surface area contributed by atoms with Crippen LogP contribution in [-0.2, 0) is 21.1 Å². The van der Waals surface area contributed by atoms with Gasteiger partial charge in [-0.25, -0.2) is 8.42 Å². The molecule has 0 radical (unpaired) electrons. The van der Waals surface area contributed by atoms with Gasteiger partial charge in [0.1, 0.15) is 0 Å².